The third kappa shape index (κ3) is 7.20. The lowest BCUT2D eigenvalue weighted by Crippen LogP contribution is -2.10. The van der Waals surface area contributed by atoms with Crippen LogP contribution < -0.4 is 4.90 Å². The predicted molar refractivity (Wildman–Crippen MR) is 317 cm³/mol. The highest BCUT2D eigenvalue weighted by Gasteiger charge is 2.19. The summed E-state index contributed by atoms with van der Waals surface area (Å²) < 4.78 is 9.04. The quantitative estimate of drug-likeness (QED) is 0.142. The molecule has 15 rings (SSSR count). The summed E-state index contributed by atoms with van der Waals surface area (Å²) in [6.07, 6.45) is 0. The van der Waals surface area contributed by atoms with E-state index in [2.05, 4.69) is 289 Å². The standard InChI is InChI=1S/C72H46N2O/c1-3-21-61-49(13-1)29-30-56-44-54(36-41-62(56)61)52-16-9-15-51(43-52)47-31-37-57(38-32-47)73(59-19-11-18-55(46-59)63-25-12-28-70-71(63)67-42-35-50-14-2-4-22-64(50)72(67)75-70)58-39-33-48(34-40-58)53-17-10-20-60(45-53)74-68-26-7-5-23-65(68)66-24-6-8-27-69(66)74/h1-46H. The molecule has 3 nitrogen and oxygen atoms in total. The summed E-state index contributed by atoms with van der Waals surface area (Å²) in [6, 6.07) is 101. The molecule has 2 heterocycles. The van der Waals surface area contributed by atoms with Gasteiger partial charge in [0.25, 0.3) is 0 Å². The summed E-state index contributed by atoms with van der Waals surface area (Å²) in [7, 11) is 0. The van der Waals surface area contributed by atoms with Crippen LogP contribution in [0, 0.1) is 0 Å². The van der Waals surface area contributed by atoms with Crippen LogP contribution in [0.5, 0.6) is 0 Å². The highest BCUT2D eigenvalue weighted by molar-refractivity contribution is 6.19. The van der Waals surface area contributed by atoms with E-state index in [0.29, 0.717) is 0 Å². The van der Waals surface area contributed by atoms with Gasteiger partial charge in [0.2, 0.25) is 0 Å². The maximum Gasteiger partial charge on any atom is 0.143 e. The van der Waals surface area contributed by atoms with Crippen LogP contribution in [0.25, 0.3) is 126 Å². The number of fused-ring (bicyclic) bond motifs is 11. The van der Waals surface area contributed by atoms with E-state index in [1.165, 1.54) is 65.4 Å². The monoisotopic (exact) mass is 954 g/mol. The summed E-state index contributed by atoms with van der Waals surface area (Å²) in [4.78, 5) is 2.38. The molecule has 350 valence electrons. The number of hydrogen-bond acceptors (Lipinski definition) is 2. The van der Waals surface area contributed by atoms with Gasteiger partial charge in [0, 0.05) is 49.7 Å². The minimum Gasteiger partial charge on any atom is -0.455 e. The third-order valence-corrected chi connectivity index (χ3v) is 15.3. The van der Waals surface area contributed by atoms with Crippen molar-refractivity contribution in [3.8, 4) is 50.2 Å². The molecule has 0 aliphatic heterocycles. The number of nitrogens with zero attached hydrogens (tertiary/aromatic N) is 2. The molecule has 2 aromatic heterocycles. The normalized spacial score (nSPS) is 11.7. The van der Waals surface area contributed by atoms with Gasteiger partial charge in [-0.15, -0.1) is 0 Å². The fourth-order valence-corrected chi connectivity index (χ4v) is 11.8. The van der Waals surface area contributed by atoms with Crippen LogP contribution in [0.1, 0.15) is 0 Å². The van der Waals surface area contributed by atoms with Crippen LogP contribution >= 0.6 is 0 Å². The molecule has 0 N–H and O–H groups in total. The molecule has 75 heavy (non-hydrogen) atoms. The Morgan fingerprint density at radius 2 is 0.787 bits per heavy atom. The van der Waals surface area contributed by atoms with Crippen LogP contribution in [0.4, 0.5) is 17.1 Å². The van der Waals surface area contributed by atoms with E-state index in [4.69, 9.17) is 4.42 Å². The lowest BCUT2D eigenvalue weighted by molar-refractivity contribution is 0.673. The molecule has 13 aromatic carbocycles. The first-order valence-corrected chi connectivity index (χ1v) is 25.7. The molecule has 15 aromatic rings. The number of hydrogen-bond donors (Lipinski definition) is 0. The van der Waals surface area contributed by atoms with Crippen LogP contribution in [-0.4, -0.2) is 4.57 Å². The molecule has 0 radical (unpaired) electrons. The molecule has 0 amide bonds. The number of furan rings is 1. The fourth-order valence-electron chi connectivity index (χ4n) is 11.8. The maximum absolute atomic E-state index is 6.66. The molecule has 0 bridgehead atoms. The Kier molecular flexibility index (Phi) is 9.89. The molecule has 0 aliphatic rings. The first-order valence-electron chi connectivity index (χ1n) is 25.7. The highest BCUT2D eigenvalue weighted by Crippen LogP contribution is 2.43. The zero-order valence-electron chi connectivity index (χ0n) is 40.9. The van der Waals surface area contributed by atoms with Gasteiger partial charge in [0.15, 0.2) is 0 Å². The molecule has 0 unspecified atom stereocenters. The van der Waals surface area contributed by atoms with Crippen molar-refractivity contribution < 1.29 is 4.42 Å². The van der Waals surface area contributed by atoms with Crippen molar-refractivity contribution in [2.45, 2.75) is 0 Å². The summed E-state index contributed by atoms with van der Waals surface area (Å²) in [5.41, 5.74) is 17.8. The van der Waals surface area contributed by atoms with E-state index in [-0.39, 0.29) is 0 Å². The van der Waals surface area contributed by atoms with Crippen molar-refractivity contribution >= 4 is 93.1 Å². The summed E-state index contributed by atoms with van der Waals surface area (Å²) in [5, 5.41) is 12.1. The fraction of sp³-hybridized carbons (Fsp3) is 0. The Hall–Kier alpha value is -9.96. The van der Waals surface area contributed by atoms with Gasteiger partial charge in [-0.1, -0.05) is 194 Å². The Bertz CT molecular complexity index is 4660. The first-order chi connectivity index (χ1) is 37.2. The largest absolute Gasteiger partial charge is 0.455 e. The Morgan fingerprint density at radius 1 is 0.280 bits per heavy atom. The Balaban J connectivity index is 0.818. The predicted octanol–water partition coefficient (Wildman–Crippen LogP) is 20.3. The number of aromatic nitrogens is 1. The third-order valence-electron chi connectivity index (χ3n) is 15.3. The van der Waals surface area contributed by atoms with Crippen molar-refractivity contribution in [3.63, 3.8) is 0 Å². The van der Waals surface area contributed by atoms with Crippen molar-refractivity contribution in [1.29, 1.82) is 0 Å². The lowest BCUT2D eigenvalue weighted by atomic mass is 9.95. The Labute approximate surface area is 434 Å². The number of rotatable bonds is 8. The second-order valence-corrected chi connectivity index (χ2v) is 19.6. The molecule has 0 saturated heterocycles. The van der Waals surface area contributed by atoms with Crippen LogP contribution in [0.2, 0.25) is 0 Å². The number of anilines is 3. The maximum atomic E-state index is 6.66. The molecule has 0 fully saturated rings. The number of para-hydroxylation sites is 2. The van der Waals surface area contributed by atoms with E-state index in [9.17, 15) is 0 Å². The average molecular weight is 955 g/mol. The van der Waals surface area contributed by atoms with E-state index in [1.807, 2.05) is 0 Å². The van der Waals surface area contributed by atoms with Gasteiger partial charge in [-0.25, -0.2) is 0 Å². The van der Waals surface area contributed by atoms with Gasteiger partial charge in [0.1, 0.15) is 11.2 Å². The van der Waals surface area contributed by atoms with E-state index < -0.39 is 0 Å². The molecule has 3 heteroatoms. The van der Waals surface area contributed by atoms with E-state index in [0.717, 1.165) is 77.9 Å². The summed E-state index contributed by atoms with van der Waals surface area (Å²) in [6.45, 7) is 0. The van der Waals surface area contributed by atoms with Gasteiger partial charge < -0.3 is 13.9 Å². The first kappa shape index (κ1) is 42.7. The second-order valence-electron chi connectivity index (χ2n) is 19.6. The van der Waals surface area contributed by atoms with Crippen LogP contribution in [0.15, 0.2) is 283 Å². The van der Waals surface area contributed by atoms with Crippen LogP contribution in [-0.2, 0) is 0 Å². The van der Waals surface area contributed by atoms with Gasteiger partial charge in [-0.3, -0.25) is 0 Å². The Morgan fingerprint density at radius 3 is 1.52 bits per heavy atom. The molecule has 0 aliphatic carbocycles. The van der Waals surface area contributed by atoms with Crippen molar-refractivity contribution in [2.75, 3.05) is 4.90 Å². The molecule has 0 spiro atoms. The highest BCUT2D eigenvalue weighted by atomic mass is 16.3. The molecular formula is C72H46N2O. The summed E-state index contributed by atoms with van der Waals surface area (Å²) in [5.74, 6) is 0. The minimum absolute atomic E-state index is 0.882. The van der Waals surface area contributed by atoms with Gasteiger partial charge in [0.05, 0.1) is 11.0 Å². The SMILES string of the molecule is c1cc(-c2ccc(N(c3ccc(-c4cccc(-n5c6ccccc6c6ccccc65)c4)cc3)c3cccc(-c4cccc5oc6c7ccccc7ccc6c45)c3)cc2)cc(-c2ccc3c(ccc4ccccc43)c2)c1. The van der Waals surface area contributed by atoms with Gasteiger partial charge in [-0.05, 0) is 156 Å². The smallest absolute Gasteiger partial charge is 0.143 e. The van der Waals surface area contributed by atoms with Crippen molar-refractivity contribution in [3.05, 3.63) is 279 Å². The zero-order valence-corrected chi connectivity index (χ0v) is 40.9. The van der Waals surface area contributed by atoms with E-state index >= 15 is 0 Å². The summed E-state index contributed by atoms with van der Waals surface area (Å²) >= 11 is 0. The van der Waals surface area contributed by atoms with Crippen molar-refractivity contribution in [2.24, 2.45) is 0 Å². The number of benzene rings is 13. The zero-order chi connectivity index (χ0) is 49.4. The van der Waals surface area contributed by atoms with Gasteiger partial charge >= 0.3 is 0 Å². The van der Waals surface area contributed by atoms with Gasteiger partial charge in [-0.2, -0.15) is 0 Å². The molecular weight excluding hydrogens is 909 g/mol. The van der Waals surface area contributed by atoms with E-state index in [1.54, 1.807) is 0 Å². The molecule has 0 saturated carbocycles. The lowest BCUT2D eigenvalue weighted by Gasteiger charge is -2.26. The van der Waals surface area contributed by atoms with Crippen LogP contribution in [0.3, 0.4) is 0 Å². The minimum atomic E-state index is 0.882. The average Bonchev–Trinajstić information content (AvgIpc) is 4.05. The van der Waals surface area contributed by atoms with Crippen molar-refractivity contribution in [1.82, 2.24) is 4.57 Å². The molecule has 0 atom stereocenters. The second kappa shape index (κ2) is 17.4. The topological polar surface area (TPSA) is 21.3 Å².